The average Bonchev–Trinajstić information content (AvgIpc) is 2.21. The maximum atomic E-state index is 11.1. The van der Waals surface area contributed by atoms with Gasteiger partial charge >= 0.3 is 5.97 Å². The topological polar surface area (TPSA) is 73.9 Å². The van der Waals surface area contributed by atoms with Gasteiger partial charge in [-0.25, -0.2) is 4.79 Å². The fourth-order valence-electron chi connectivity index (χ4n) is 0.771. The molecule has 0 saturated carbocycles. The third kappa shape index (κ3) is 2.31. The molecule has 0 aromatic heterocycles. The van der Waals surface area contributed by atoms with Gasteiger partial charge in [0.1, 0.15) is 11.8 Å². The molecule has 4 heteroatoms. The molecule has 0 radical (unpaired) electrons. The highest BCUT2D eigenvalue weighted by Crippen LogP contribution is 2.09. The van der Waals surface area contributed by atoms with Crippen LogP contribution >= 0.6 is 0 Å². The number of ether oxygens (including phenoxy) is 1. The zero-order chi connectivity index (χ0) is 10.4. The van der Waals surface area contributed by atoms with Crippen LogP contribution in [0.15, 0.2) is 35.9 Å². The van der Waals surface area contributed by atoms with Crippen LogP contribution < -0.4 is 4.74 Å². The van der Waals surface area contributed by atoms with E-state index >= 15 is 0 Å². The number of nitrogens with one attached hydrogen (secondary N) is 1. The number of benzene rings is 1. The highest BCUT2D eigenvalue weighted by atomic mass is 16.5. The SMILES string of the molecule is N#CC(=C=N)C(=O)Oc1ccccc1. The number of nitrogens with zero attached hydrogens (tertiary/aromatic N) is 1. The zero-order valence-electron chi connectivity index (χ0n) is 7.15. The highest BCUT2D eigenvalue weighted by molar-refractivity contribution is 6.02. The fourth-order valence-corrected chi connectivity index (χ4v) is 0.771. The largest absolute Gasteiger partial charge is 0.422 e. The number of para-hydroxylation sites is 1. The summed E-state index contributed by atoms with van der Waals surface area (Å²) in [5.41, 5.74) is -0.450. The van der Waals surface area contributed by atoms with Crippen LogP contribution in [0.4, 0.5) is 0 Å². The molecular formula is C10H6N2O2. The highest BCUT2D eigenvalue weighted by Gasteiger charge is 2.10. The van der Waals surface area contributed by atoms with Gasteiger partial charge in [-0.1, -0.05) is 18.2 Å². The molecule has 0 bridgehead atoms. The van der Waals surface area contributed by atoms with Crippen molar-refractivity contribution in [1.29, 1.82) is 10.7 Å². The standard InChI is InChI=1S/C10H6N2O2/c11-6-8(7-12)10(13)14-9-4-2-1-3-5-9/h1-5,11H. The number of hydrogen-bond acceptors (Lipinski definition) is 4. The lowest BCUT2D eigenvalue weighted by Gasteiger charge is -1.99. The molecule has 1 aromatic rings. The van der Waals surface area contributed by atoms with E-state index in [1.807, 2.05) is 0 Å². The van der Waals surface area contributed by atoms with Gasteiger partial charge in [0.15, 0.2) is 5.57 Å². The minimum absolute atomic E-state index is 0.334. The summed E-state index contributed by atoms with van der Waals surface area (Å²) in [4.78, 5) is 11.1. The second-order valence-corrected chi connectivity index (χ2v) is 2.31. The van der Waals surface area contributed by atoms with Crippen molar-refractivity contribution in [1.82, 2.24) is 0 Å². The van der Waals surface area contributed by atoms with Crippen LogP contribution in [0.2, 0.25) is 0 Å². The van der Waals surface area contributed by atoms with E-state index < -0.39 is 11.5 Å². The van der Waals surface area contributed by atoms with E-state index in [2.05, 4.69) is 0 Å². The molecule has 0 unspecified atom stereocenters. The monoisotopic (exact) mass is 186 g/mol. The maximum absolute atomic E-state index is 11.1. The van der Waals surface area contributed by atoms with Crippen molar-refractivity contribution in [3.05, 3.63) is 35.9 Å². The number of carbonyl (C=O) groups excluding carboxylic acids is 1. The molecule has 1 N–H and O–H groups in total. The van der Waals surface area contributed by atoms with Crippen LogP contribution in [0.5, 0.6) is 5.75 Å². The normalized spacial score (nSPS) is 8.21. The summed E-state index contributed by atoms with van der Waals surface area (Å²) in [7, 11) is 0. The molecule has 0 saturated heterocycles. The summed E-state index contributed by atoms with van der Waals surface area (Å²) in [6.07, 6.45) is 0. The van der Waals surface area contributed by atoms with E-state index in [1.165, 1.54) is 6.07 Å². The molecule has 0 aliphatic rings. The summed E-state index contributed by atoms with van der Waals surface area (Å²) in [6.45, 7) is 0. The van der Waals surface area contributed by atoms with E-state index in [0.717, 1.165) is 0 Å². The zero-order valence-corrected chi connectivity index (χ0v) is 7.15. The van der Waals surface area contributed by atoms with Gasteiger partial charge in [-0.2, -0.15) is 5.26 Å². The van der Waals surface area contributed by atoms with Crippen LogP contribution in [0.1, 0.15) is 0 Å². The molecule has 0 fully saturated rings. The first kappa shape index (κ1) is 9.72. The number of nitriles is 1. The van der Waals surface area contributed by atoms with Crippen LogP contribution in [0.25, 0.3) is 0 Å². The molecule has 0 spiro atoms. The molecule has 0 heterocycles. The van der Waals surface area contributed by atoms with E-state index in [-0.39, 0.29) is 0 Å². The van der Waals surface area contributed by atoms with Gasteiger partial charge in [0.2, 0.25) is 0 Å². The quantitative estimate of drug-likeness (QED) is 0.248. The summed E-state index contributed by atoms with van der Waals surface area (Å²) >= 11 is 0. The lowest BCUT2D eigenvalue weighted by Crippen LogP contribution is -2.10. The van der Waals surface area contributed by atoms with Crippen molar-refractivity contribution in [2.45, 2.75) is 0 Å². The van der Waals surface area contributed by atoms with Crippen LogP contribution in [-0.4, -0.2) is 11.8 Å². The molecule has 1 rings (SSSR count). The van der Waals surface area contributed by atoms with Gasteiger partial charge in [-0.15, -0.1) is 0 Å². The van der Waals surface area contributed by atoms with Crippen molar-refractivity contribution in [3.8, 4) is 11.8 Å². The molecular weight excluding hydrogens is 180 g/mol. The molecule has 14 heavy (non-hydrogen) atoms. The van der Waals surface area contributed by atoms with E-state index in [4.69, 9.17) is 15.4 Å². The van der Waals surface area contributed by atoms with Gasteiger partial charge in [0, 0.05) is 5.87 Å². The Kier molecular flexibility index (Phi) is 3.20. The lowest BCUT2D eigenvalue weighted by molar-refractivity contribution is -0.129. The Morgan fingerprint density at radius 2 is 2.00 bits per heavy atom. The van der Waals surface area contributed by atoms with Gasteiger partial charge < -0.3 is 4.74 Å². The number of hydrogen-bond donors (Lipinski definition) is 1. The number of carbonyl (C=O) groups is 1. The smallest absolute Gasteiger partial charge is 0.363 e. The lowest BCUT2D eigenvalue weighted by atomic mass is 10.3. The van der Waals surface area contributed by atoms with Crippen molar-refractivity contribution < 1.29 is 9.53 Å². The molecule has 68 valence electrons. The van der Waals surface area contributed by atoms with Crippen molar-refractivity contribution in [3.63, 3.8) is 0 Å². The predicted molar refractivity (Wildman–Crippen MR) is 48.9 cm³/mol. The molecule has 0 amide bonds. The van der Waals surface area contributed by atoms with Gasteiger partial charge in [-0.05, 0) is 12.1 Å². The van der Waals surface area contributed by atoms with E-state index in [1.54, 1.807) is 36.2 Å². The van der Waals surface area contributed by atoms with Gasteiger partial charge in [-0.3, -0.25) is 5.41 Å². The van der Waals surface area contributed by atoms with Crippen LogP contribution in [0, 0.1) is 16.7 Å². The molecule has 0 atom stereocenters. The first-order valence-corrected chi connectivity index (χ1v) is 3.75. The third-order valence-electron chi connectivity index (χ3n) is 1.39. The Labute approximate surface area is 80.6 Å². The number of esters is 1. The maximum Gasteiger partial charge on any atom is 0.363 e. The predicted octanol–water partition coefficient (Wildman–Crippen LogP) is 1.29. The first-order valence-electron chi connectivity index (χ1n) is 3.75. The van der Waals surface area contributed by atoms with Crippen LogP contribution in [-0.2, 0) is 4.79 Å². The Bertz CT molecular complexity index is 425. The minimum Gasteiger partial charge on any atom is -0.422 e. The molecule has 0 aliphatic carbocycles. The van der Waals surface area contributed by atoms with Crippen molar-refractivity contribution >= 4 is 11.8 Å². The second kappa shape index (κ2) is 4.61. The Morgan fingerprint density at radius 1 is 1.36 bits per heavy atom. The van der Waals surface area contributed by atoms with Gasteiger partial charge in [0.25, 0.3) is 0 Å². The Balaban J connectivity index is 2.78. The number of rotatable bonds is 2. The Morgan fingerprint density at radius 3 is 2.50 bits per heavy atom. The van der Waals surface area contributed by atoms with E-state index in [9.17, 15) is 4.79 Å². The van der Waals surface area contributed by atoms with Crippen molar-refractivity contribution in [2.75, 3.05) is 0 Å². The minimum atomic E-state index is -0.867. The van der Waals surface area contributed by atoms with Crippen molar-refractivity contribution in [2.24, 2.45) is 0 Å². The third-order valence-corrected chi connectivity index (χ3v) is 1.39. The summed E-state index contributed by atoms with van der Waals surface area (Å²) in [5, 5.41) is 15.0. The summed E-state index contributed by atoms with van der Waals surface area (Å²) in [6, 6.07) is 9.84. The second-order valence-electron chi connectivity index (χ2n) is 2.31. The summed E-state index contributed by atoms with van der Waals surface area (Å²) < 4.78 is 4.78. The van der Waals surface area contributed by atoms with Gasteiger partial charge in [0.05, 0.1) is 0 Å². The molecule has 4 nitrogen and oxygen atoms in total. The average molecular weight is 186 g/mol. The first-order chi connectivity index (χ1) is 6.77. The fraction of sp³-hybridized carbons (Fsp3) is 0. The van der Waals surface area contributed by atoms with E-state index in [0.29, 0.717) is 5.75 Å². The molecule has 0 aliphatic heterocycles. The van der Waals surface area contributed by atoms with Crippen LogP contribution in [0.3, 0.4) is 0 Å². The summed E-state index contributed by atoms with van der Waals surface area (Å²) in [5.74, 6) is 1.17. The Hall–Kier alpha value is -2.37. The molecule has 1 aromatic carbocycles.